The molecular formula is C23H31FN4O3. The second kappa shape index (κ2) is 9.99. The van der Waals surface area contributed by atoms with E-state index in [0.29, 0.717) is 19.7 Å². The molecule has 2 aliphatic rings. The minimum Gasteiger partial charge on any atom is -0.366 e. The van der Waals surface area contributed by atoms with Crippen molar-refractivity contribution in [1.29, 1.82) is 0 Å². The first-order valence-electron chi connectivity index (χ1n) is 11.1. The first-order chi connectivity index (χ1) is 15.1. The number of carbonyl (C=O) groups excluding carboxylic acids is 1. The summed E-state index contributed by atoms with van der Waals surface area (Å²) in [6.45, 7) is 4.58. The van der Waals surface area contributed by atoms with Gasteiger partial charge in [-0.05, 0) is 62.4 Å². The molecule has 7 nitrogen and oxygen atoms in total. The zero-order valence-corrected chi connectivity index (χ0v) is 18.2. The van der Waals surface area contributed by atoms with Crippen LogP contribution in [0.5, 0.6) is 0 Å². The van der Waals surface area contributed by atoms with Crippen LogP contribution in [-0.4, -0.2) is 61.3 Å². The minimum atomic E-state index is -0.453. The lowest BCUT2D eigenvalue weighted by molar-refractivity contribution is -0.148. The highest BCUT2D eigenvalue weighted by atomic mass is 19.1. The highest BCUT2D eigenvalue weighted by Crippen LogP contribution is 2.36. The first-order valence-corrected chi connectivity index (χ1v) is 11.1. The van der Waals surface area contributed by atoms with Gasteiger partial charge in [0.1, 0.15) is 11.9 Å². The van der Waals surface area contributed by atoms with Gasteiger partial charge in [-0.2, -0.15) is 0 Å². The number of nitrogens with one attached hydrogen (secondary N) is 2. The Hall–Kier alpha value is -2.13. The van der Waals surface area contributed by atoms with Gasteiger partial charge in [0, 0.05) is 31.1 Å². The van der Waals surface area contributed by atoms with Crippen LogP contribution in [0.25, 0.3) is 10.9 Å². The van der Waals surface area contributed by atoms with Crippen LogP contribution >= 0.6 is 0 Å². The molecule has 2 N–H and O–H groups in total. The summed E-state index contributed by atoms with van der Waals surface area (Å²) in [5, 5.41) is 4.06. The monoisotopic (exact) mass is 430 g/mol. The normalized spacial score (nSPS) is 20.0. The zero-order valence-electron chi connectivity index (χ0n) is 18.2. The van der Waals surface area contributed by atoms with E-state index in [0.717, 1.165) is 54.4 Å². The first kappa shape index (κ1) is 22.1. The van der Waals surface area contributed by atoms with Gasteiger partial charge >= 0.3 is 0 Å². The molecule has 168 valence electrons. The van der Waals surface area contributed by atoms with Gasteiger partial charge in [-0.3, -0.25) is 9.78 Å². The summed E-state index contributed by atoms with van der Waals surface area (Å²) >= 11 is 0. The molecule has 31 heavy (non-hydrogen) atoms. The Labute approximate surface area is 182 Å². The summed E-state index contributed by atoms with van der Waals surface area (Å²) in [7, 11) is 1.59. The Morgan fingerprint density at radius 1 is 1.42 bits per heavy atom. The summed E-state index contributed by atoms with van der Waals surface area (Å²) in [4.78, 5) is 25.0. The Balaban J connectivity index is 1.63. The molecule has 1 aliphatic heterocycles. The summed E-state index contributed by atoms with van der Waals surface area (Å²) in [5.74, 6) is -0.253. The molecule has 0 spiro atoms. The molecule has 1 aromatic heterocycles. The van der Waals surface area contributed by atoms with E-state index >= 15 is 0 Å². The fourth-order valence-corrected chi connectivity index (χ4v) is 4.24. The lowest BCUT2D eigenvalue weighted by Gasteiger charge is -2.34. The van der Waals surface area contributed by atoms with Gasteiger partial charge in [0.15, 0.2) is 0 Å². The van der Waals surface area contributed by atoms with E-state index in [1.165, 1.54) is 6.07 Å². The fourth-order valence-electron chi connectivity index (χ4n) is 4.24. The number of pyridine rings is 1. The summed E-state index contributed by atoms with van der Waals surface area (Å²) in [5.41, 5.74) is 5.46. The molecule has 2 aromatic rings. The molecule has 1 amide bonds. The summed E-state index contributed by atoms with van der Waals surface area (Å²) < 4.78 is 19.7. The average Bonchev–Trinajstić information content (AvgIpc) is 3.62. The molecule has 1 saturated carbocycles. The average molecular weight is 431 g/mol. The van der Waals surface area contributed by atoms with Crippen molar-refractivity contribution < 1.29 is 18.8 Å². The van der Waals surface area contributed by atoms with Crippen LogP contribution in [-0.2, 0) is 20.8 Å². The van der Waals surface area contributed by atoms with Crippen LogP contribution < -0.4 is 10.8 Å². The molecule has 8 heteroatoms. The van der Waals surface area contributed by atoms with Gasteiger partial charge in [-0.1, -0.05) is 0 Å². The number of hydrogen-bond acceptors (Lipinski definition) is 6. The molecule has 2 heterocycles. The van der Waals surface area contributed by atoms with Crippen molar-refractivity contribution in [3.05, 3.63) is 41.3 Å². The summed E-state index contributed by atoms with van der Waals surface area (Å²) in [6.07, 6.45) is 3.15. The van der Waals surface area contributed by atoms with Gasteiger partial charge < -0.3 is 19.8 Å². The Kier molecular flexibility index (Phi) is 7.12. The number of hydrogen-bond donors (Lipinski definition) is 2. The topological polar surface area (TPSA) is 75.7 Å². The van der Waals surface area contributed by atoms with Gasteiger partial charge in [0.05, 0.1) is 31.0 Å². The van der Waals surface area contributed by atoms with E-state index in [1.807, 2.05) is 17.9 Å². The quantitative estimate of drug-likeness (QED) is 0.470. The second-order valence-corrected chi connectivity index (χ2v) is 8.29. The van der Waals surface area contributed by atoms with E-state index in [-0.39, 0.29) is 23.8 Å². The number of ether oxygens (including phenoxy) is 1. The van der Waals surface area contributed by atoms with Crippen molar-refractivity contribution in [1.82, 2.24) is 20.7 Å². The standard InChI is InChI=1S/C23H31FN4O3/c1-15(28(18-6-7-18)23(29)22-14-25-10-11-31-22)21-12-16(4-3-9-26-30-2)19-13-17(24)5-8-20(19)27-21/h5,8,12-13,15,18,22,25-26H,3-4,6-7,9-11,14H2,1-2H3/t15-,22-/m1/s1. The Morgan fingerprint density at radius 3 is 2.97 bits per heavy atom. The third kappa shape index (κ3) is 5.20. The molecule has 1 aromatic carbocycles. The van der Waals surface area contributed by atoms with Gasteiger partial charge in [-0.15, -0.1) is 0 Å². The molecule has 1 aliphatic carbocycles. The lowest BCUT2D eigenvalue weighted by Crippen LogP contribution is -2.50. The Bertz CT molecular complexity index is 915. The SMILES string of the molecule is CONCCCc1cc([C@@H](C)N(C(=O)[C@H]2CNCCO2)C2CC2)nc2ccc(F)cc12. The van der Waals surface area contributed by atoms with Crippen molar-refractivity contribution in [3.8, 4) is 0 Å². The van der Waals surface area contributed by atoms with Crippen LogP contribution in [0.3, 0.4) is 0 Å². The van der Waals surface area contributed by atoms with E-state index < -0.39 is 6.10 Å². The molecule has 0 radical (unpaired) electrons. The van der Waals surface area contributed by atoms with Crippen LogP contribution in [0.1, 0.15) is 43.5 Å². The molecule has 2 fully saturated rings. The largest absolute Gasteiger partial charge is 0.366 e. The van der Waals surface area contributed by atoms with E-state index in [4.69, 9.17) is 14.6 Å². The molecule has 0 bridgehead atoms. The maximum atomic E-state index is 13.9. The number of carbonyl (C=O) groups is 1. The maximum Gasteiger partial charge on any atom is 0.253 e. The van der Waals surface area contributed by atoms with Crippen molar-refractivity contribution >= 4 is 16.8 Å². The second-order valence-electron chi connectivity index (χ2n) is 8.29. The fraction of sp³-hybridized carbons (Fsp3) is 0.565. The molecule has 4 rings (SSSR count). The number of fused-ring (bicyclic) bond motifs is 1. The van der Waals surface area contributed by atoms with Crippen LogP contribution in [0, 0.1) is 5.82 Å². The lowest BCUT2D eigenvalue weighted by atomic mass is 10.0. The number of morpholine rings is 1. The van der Waals surface area contributed by atoms with Crippen LogP contribution in [0.15, 0.2) is 24.3 Å². The van der Waals surface area contributed by atoms with E-state index in [1.54, 1.807) is 19.2 Å². The highest BCUT2D eigenvalue weighted by Gasteiger charge is 2.40. The van der Waals surface area contributed by atoms with Crippen molar-refractivity contribution in [2.24, 2.45) is 0 Å². The zero-order chi connectivity index (χ0) is 21.8. The number of halogens is 1. The number of aromatic nitrogens is 1. The van der Waals surface area contributed by atoms with Gasteiger partial charge in [-0.25, -0.2) is 9.87 Å². The van der Waals surface area contributed by atoms with Gasteiger partial charge in [0.25, 0.3) is 5.91 Å². The van der Waals surface area contributed by atoms with Crippen LogP contribution in [0.2, 0.25) is 0 Å². The molecule has 2 atom stereocenters. The number of aryl methyl sites for hydroxylation is 1. The molecule has 1 saturated heterocycles. The number of benzene rings is 1. The maximum absolute atomic E-state index is 13.9. The molecule has 0 unspecified atom stereocenters. The third-order valence-corrected chi connectivity index (χ3v) is 5.99. The number of hydroxylamine groups is 1. The molecular weight excluding hydrogens is 399 g/mol. The predicted octanol–water partition coefficient (Wildman–Crippen LogP) is 2.50. The number of rotatable bonds is 9. The minimum absolute atomic E-state index is 0.0223. The van der Waals surface area contributed by atoms with Crippen LogP contribution in [0.4, 0.5) is 4.39 Å². The Morgan fingerprint density at radius 2 is 2.26 bits per heavy atom. The van der Waals surface area contributed by atoms with Crippen molar-refractivity contribution in [3.63, 3.8) is 0 Å². The number of amides is 1. The smallest absolute Gasteiger partial charge is 0.253 e. The highest BCUT2D eigenvalue weighted by molar-refractivity contribution is 5.84. The van der Waals surface area contributed by atoms with E-state index in [2.05, 4.69) is 10.8 Å². The summed E-state index contributed by atoms with van der Waals surface area (Å²) in [6, 6.07) is 6.77. The van der Waals surface area contributed by atoms with Crippen molar-refractivity contribution in [2.45, 2.75) is 50.8 Å². The van der Waals surface area contributed by atoms with Crippen molar-refractivity contribution in [2.75, 3.05) is 33.4 Å². The third-order valence-electron chi connectivity index (χ3n) is 5.99. The van der Waals surface area contributed by atoms with E-state index in [9.17, 15) is 9.18 Å². The predicted molar refractivity (Wildman–Crippen MR) is 116 cm³/mol. The van der Waals surface area contributed by atoms with Gasteiger partial charge in [0.2, 0.25) is 0 Å². The number of nitrogens with zero attached hydrogens (tertiary/aromatic N) is 2.